The standard InChI is InChI=1S/C6H8ClF3O2S/c7-13(11)5(6(8,9)10)4-2-1-3-12-4/h4-5H,1-3H2. The van der Waals surface area contributed by atoms with Crippen LogP contribution in [0.3, 0.4) is 0 Å². The molecule has 3 atom stereocenters. The van der Waals surface area contributed by atoms with E-state index in [4.69, 9.17) is 15.4 Å². The summed E-state index contributed by atoms with van der Waals surface area (Å²) in [5.41, 5.74) is 0. The van der Waals surface area contributed by atoms with Crippen LogP contribution in [-0.4, -0.2) is 28.3 Å². The number of ether oxygens (including phenoxy) is 1. The fourth-order valence-corrected chi connectivity index (χ4v) is 2.59. The van der Waals surface area contributed by atoms with Gasteiger partial charge < -0.3 is 4.74 Å². The summed E-state index contributed by atoms with van der Waals surface area (Å²) in [4.78, 5) is 0. The van der Waals surface area contributed by atoms with E-state index in [1.165, 1.54) is 0 Å². The van der Waals surface area contributed by atoms with Gasteiger partial charge in [-0.15, -0.1) is 0 Å². The minimum absolute atomic E-state index is 0.267. The van der Waals surface area contributed by atoms with E-state index in [1.807, 2.05) is 0 Å². The molecule has 0 N–H and O–H groups in total. The summed E-state index contributed by atoms with van der Waals surface area (Å²) >= 11 is 0. The third kappa shape index (κ3) is 2.82. The second kappa shape index (κ2) is 4.14. The molecule has 0 saturated carbocycles. The van der Waals surface area contributed by atoms with Crippen LogP contribution >= 0.6 is 10.7 Å². The third-order valence-corrected chi connectivity index (χ3v) is 3.37. The van der Waals surface area contributed by atoms with Gasteiger partial charge in [0.05, 0.1) is 6.10 Å². The molecule has 0 radical (unpaired) electrons. The lowest BCUT2D eigenvalue weighted by Crippen LogP contribution is -2.41. The van der Waals surface area contributed by atoms with Gasteiger partial charge in [0.2, 0.25) is 0 Å². The smallest absolute Gasteiger partial charge is 0.377 e. The van der Waals surface area contributed by atoms with Gasteiger partial charge in [0.1, 0.15) is 10.0 Å². The molecule has 0 aromatic rings. The van der Waals surface area contributed by atoms with Gasteiger partial charge in [-0.2, -0.15) is 13.2 Å². The van der Waals surface area contributed by atoms with Crippen molar-refractivity contribution in [1.82, 2.24) is 0 Å². The summed E-state index contributed by atoms with van der Waals surface area (Å²) in [6.45, 7) is 0.283. The van der Waals surface area contributed by atoms with Gasteiger partial charge in [0, 0.05) is 6.61 Å². The summed E-state index contributed by atoms with van der Waals surface area (Å²) in [5, 5.41) is -2.06. The minimum atomic E-state index is -4.55. The van der Waals surface area contributed by atoms with Gasteiger partial charge >= 0.3 is 6.18 Å². The topological polar surface area (TPSA) is 26.3 Å². The van der Waals surface area contributed by atoms with Crippen molar-refractivity contribution in [3.05, 3.63) is 0 Å². The second-order valence-corrected chi connectivity index (χ2v) is 4.68. The van der Waals surface area contributed by atoms with E-state index in [2.05, 4.69) is 0 Å². The molecule has 3 unspecified atom stereocenters. The van der Waals surface area contributed by atoms with Crippen LogP contribution in [0.2, 0.25) is 0 Å². The van der Waals surface area contributed by atoms with E-state index in [0.717, 1.165) is 0 Å². The van der Waals surface area contributed by atoms with E-state index in [1.54, 1.807) is 0 Å². The van der Waals surface area contributed by atoms with Gasteiger partial charge in [-0.3, -0.25) is 0 Å². The minimum Gasteiger partial charge on any atom is -0.377 e. The van der Waals surface area contributed by atoms with Crippen molar-refractivity contribution in [3.8, 4) is 0 Å². The van der Waals surface area contributed by atoms with Crippen LogP contribution in [0, 0.1) is 0 Å². The number of hydrogen-bond donors (Lipinski definition) is 0. The quantitative estimate of drug-likeness (QED) is 0.686. The second-order valence-electron chi connectivity index (χ2n) is 2.76. The third-order valence-electron chi connectivity index (χ3n) is 1.82. The molecule has 1 fully saturated rings. The van der Waals surface area contributed by atoms with Crippen molar-refractivity contribution < 1.29 is 22.1 Å². The van der Waals surface area contributed by atoms with Crippen molar-refractivity contribution in [2.75, 3.05) is 6.61 Å². The zero-order valence-corrected chi connectivity index (χ0v) is 8.09. The molecular weight excluding hydrogens is 229 g/mol. The highest BCUT2D eigenvalue weighted by atomic mass is 35.7. The maximum absolute atomic E-state index is 12.3. The van der Waals surface area contributed by atoms with E-state index >= 15 is 0 Å². The highest BCUT2D eigenvalue weighted by Gasteiger charge is 2.50. The first-order chi connectivity index (χ1) is 5.93. The molecule has 1 heterocycles. The fourth-order valence-electron chi connectivity index (χ4n) is 1.28. The van der Waals surface area contributed by atoms with Crippen LogP contribution in [0.25, 0.3) is 0 Å². The molecular formula is C6H8ClF3O2S. The van der Waals surface area contributed by atoms with Crippen molar-refractivity contribution in [2.45, 2.75) is 30.4 Å². The lowest BCUT2D eigenvalue weighted by Gasteiger charge is -2.21. The number of hydrogen-bond acceptors (Lipinski definition) is 2. The number of rotatable bonds is 2. The fraction of sp³-hybridized carbons (Fsp3) is 1.00. The van der Waals surface area contributed by atoms with Crippen LogP contribution < -0.4 is 0 Å². The van der Waals surface area contributed by atoms with Crippen molar-refractivity contribution >= 4 is 20.7 Å². The Kier molecular flexibility index (Phi) is 3.59. The Morgan fingerprint density at radius 2 is 2.15 bits per heavy atom. The van der Waals surface area contributed by atoms with Crippen LogP contribution in [0.1, 0.15) is 12.8 Å². The predicted molar refractivity (Wildman–Crippen MR) is 42.8 cm³/mol. The normalized spacial score (nSPS) is 28.8. The zero-order chi connectivity index (χ0) is 10.1. The number of alkyl halides is 3. The van der Waals surface area contributed by atoms with E-state index in [0.29, 0.717) is 6.42 Å². The van der Waals surface area contributed by atoms with Crippen molar-refractivity contribution in [3.63, 3.8) is 0 Å². The Hall–Kier alpha value is 0.190. The molecule has 0 aromatic heterocycles. The molecule has 0 spiro atoms. The molecule has 13 heavy (non-hydrogen) atoms. The zero-order valence-electron chi connectivity index (χ0n) is 6.51. The van der Waals surface area contributed by atoms with Crippen LogP contribution in [0.4, 0.5) is 13.2 Å². The first-order valence-electron chi connectivity index (χ1n) is 3.68. The van der Waals surface area contributed by atoms with E-state index in [9.17, 15) is 17.4 Å². The van der Waals surface area contributed by atoms with Gasteiger partial charge in [0.15, 0.2) is 5.25 Å². The Bertz CT molecular complexity index is 203. The Labute approximate surface area is 80.3 Å². The molecule has 0 aromatic carbocycles. The van der Waals surface area contributed by atoms with Crippen LogP contribution in [0.15, 0.2) is 0 Å². The largest absolute Gasteiger partial charge is 0.406 e. The summed E-state index contributed by atoms with van der Waals surface area (Å²) < 4.78 is 52.3. The molecule has 1 rings (SSSR count). The maximum Gasteiger partial charge on any atom is 0.406 e. The maximum atomic E-state index is 12.3. The monoisotopic (exact) mass is 236 g/mol. The molecule has 0 bridgehead atoms. The first kappa shape index (κ1) is 11.3. The van der Waals surface area contributed by atoms with Gasteiger partial charge in [-0.25, -0.2) is 4.21 Å². The SMILES string of the molecule is O=S(Cl)C(C1CCCO1)C(F)(F)F. The lowest BCUT2D eigenvalue weighted by molar-refractivity contribution is -0.148. The predicted octanol–water partition coefficient (Wildman–Crippen LogP) is 2.00. The van der Waals surface area contributed by atoms with Gasteiger partial charge in [-0.1, -0.05) is 0 Å². The molecule has 0 aliphatic carbocycles. The Morgan fingerprint density at radius 1 is 1.54 bits per heavy atom. The average molecular weight is 237 g/mol. The molecule has 0 amide bonds. The molecule has 78 valence electrons. The van der Waals surface area contributed by atoms with Crippen LogP contribution in [-0.2, 0) is 14.7 Å². The first-order valence-corrected chi connectivity index (χ1v) is 5.72. The molecule has 1 aliphatic rings. The van der Waals surface area contributed by atoms with Crippen LogP contribution in [0.5, 0.6) is 0 Å². The molecule has 1 aliphatic heterocycles. The van der Waals surface area contributed by atoms with Gasteiger partial charge in [-0.05, 0) is 23.5 Å². The summed E-state index contributed by atoms with van der Waals surface area (Å²) in [6, 6.07) is 0. The summed E-state index contributed by atoms with van der Waals surface area (Å²) in [5.74, 6) is 0. The Balaban J connectivity index is 2.72. The van der Waals surface area contributed by atoms with Crippen molar-refractivity contribution in [2.24, 2.45) is 0 Å². The summed E-state index contributed by atoms with van der Waals surface area (Å²) in [7, 11) is 2.54. The highest BCUT2D eigenvalue weighted by molar-refractivity contribution is 8.08. The van der Waals surface area contributed by atoms with E-state index in [-0.39, 0.29) is 13.0 Å². The lowest BCUT2D eigenvalue weighted by atomic mass is 10.2. The molecule has 2 nitrogen and oxygen atoms in total. The summed E-state index contributed by atoms with van der Waals surface area (Å²) in [6.07, 6.45) is -4.77. The molecule has 1 saturated heterocycles. The average Bonchev–Trinajstić information content (AvgIpc) is 2.34. The van der Waals surface area contributed by atoms with E-state index < -0.39 is 27.5 Å². The highest BCUT2D eigenvalue weighted by Crippen LogP contribution is 2.33. The Morgan fingerprint density at radius 3 is 2.46 bits per heavy atom. The molecule has 7 heteroatoms. The van der Waals surface area contributed by atoms with Gasteiger partial charge in [0.25, 0.3) is 0 Å². The number of halogens is 4. The van der Waals surface area contributed by atoms with Crippen molar-refractivity contribution in [1.29, 1.82) is 0 Å².